The minimum atomic E-state index is -0.226. The second-order valence-corrected chi connectivity index (χ2v) is 2.82. The third kappa shape index (κ3) is 2.92. The average molecular weight is 191 g/mol. The van der Waals surface area contributed by atoms with Crippen LogP contribution in [-0.4, -0.2) is 6.54 Å². The van der Waals surface area contributed by atoms with Crippen LogP contribution >= 0.6 is 0 Å². The first-order valence-electron chi connectivity index (χ1n) is 4.17. The summed E-state index contributed by atoms with van der Waals surface area (Å²) in [6.07, 6.45) is 3.40. The maximum Gasteiger partial charge on any atom is 0.126 e. The molecule has 4 heteroatoms. The van der Waals surface area contributed by atoms with Gasteiger partial charge in [0, 0.05) is 11.5 Å². The summed E-state index contributed by atoms with van der Waals surface area (Å²) in [6.45, 7) is 1.99. The molecular formula is C10H10FN3. The van der Waals surface area contributed by atoms with E-state index in [1.54, 1.807) is 25.1 Å². The normalized spacial score (nSPS) is 10.1. The Morgan fingerprint density at radius 1 is 1.57 bits per heavy atom. The van der Waals surface area contributed by atoms with Gasteiger partial charge in [-0.25, -0.2) is 4.39 Å². The molecule has 0 saturated carbocycles. The molecule has 0 amide bonds. The summed E-state index contributed by atoms with van der Waals surface area (Å²) in [5.74, 6) is -0.226. The SMILES string of the molecule is Cc1ccc(C=CCN=[N+]=[N-])cc1F. The van der Waals surface area contributed by atoms with Gasteiger partial charge in [-0.1, -0.05) is 29.4 Å². The molecule has 14 heavy (non-hydrogen) atoms. The molecule has 0 heterocycles. The van der Waals surface area contributed by atoms with Gasteiger partial charge in [-0.05, 0) is 29.6 Å². The maximum absolute atomic E-state index is 13.0. The van der Waals surface area contributed by atoms with Crippen LogP contribution in [0.4, 0.5) is 4.39 Å². The van der Waals surface area contributed by atoms with Crippen LogP contribution in [0.25, 0.3) is 16.5 Å². The maximum atomic E-state index is 13.0. The smallest absolute Gasteiger partial charge is 0.126 e. The fourth-order valence-electron chi connectivity index (χ4n) is 0.985. The molecule has 0 radical (unpaired) electrons. The van der Waals surface area contributed by atoms with Crippen molar-refractivity contribution >= 4 is 6.08 Å². The van der Waals surface area contributed by atoms with Gasteiger partial charge < -0.3 is 0 Å². The second kappa shape index (κ2) is 5.04. The fraction of sp³-hybridized carbons (Fsp3) is 0.200. The summed E-state index contributed by atoms with van der Waals surface area (Å²) in [5, 5.41) is 3.33. The molecule has 0 N–H and O–H groups in total. The number of rotatable bonds is 3. The van der Waals surface area contributed by atoms with Gasteiger partial charge in [0.25, 0.3) is 0 Å². The summed E-state index contributed by atoms with van der Waals surface area (Å²) in [5.41, 5.74) is 9.40. The first-order valence-corrected chi connectivity index (χ1v) is 4.17. The van der Waals surface area contributed by atoms with Crippen molar-refractivity contribution in [3.05, 3.63) is 51.7 Å². The predicted molar refractivity (Wildman–Crippen MR) is 54.2 cm³/mol. The molecule has 0 unspecified atom stereocenters. The molecule has 1 aromatic carbocycles. The largest absolute Gasteiger partial charge is 0.207 e. The van der Waals surface area contributed by atoms with E-state index in [-0.39, 0.29) is 12.4 Å². The lowest BCUT2D eigenvalue weighted by Crippen LogP contribution is -1.82. The molecule has 0 aliphatic carbocycles. The lowest BCUT2D eigenvalue weighted by atomic mass is 10.1. The molecule has 0 aromatic heterocycles. The van der Waals surface area contributed by atoms with Crippen LogP contribution in [0.3, 0.4) is 0 Å². The van der Waals surface area contributed by atoms with Gasteiger partial charge in [-0.3, -0.25) is 0 Å². The van der Waals surface area contributed by atoms with Gasteiger partial charge in [0.15, 0.2) is 0 Å². The second-order valence-electron chi connectivity index (χ2n) is 2.82. The predicted octanol–water partition coefficient (Wildman–Crippen LogP) is 3.46. The van der Waals surface area contributed by atoms with E-state index in [1.165, 1.54) is 6.07 Å². The van der Waals surface area contributed by atoms with Crippen molar-refractivity contribution in [3.63, 3.8) is 0 Å². The summed E-state index contributed by atoms with van der Waals surface area (Å²) in [7, 11) is 0. The Bertz CT molecular complexity index is 392. The Morgan fingerprint density at radius 2 is 2.36 bits per heavy atom. The quantitative estimate of drug-likeness (QED) is 0.399. The van der Waals surface area contributed by atoms with Crippen molar-refractivity contribution < 1.29 is 4.39 Å². The lowest BCUT2D eigenvalue weighted by Gasteiger charge is -1.96. The Kier molecular flexibility index (Phi) is 3.70. The van der Waals surface area contributed by atoms with Gasteiger partial charge >= 0.3 is 0 Å². The molecule has 1 rings (SSSR count). The molecule has 0 atom stereocenters. The lowest BCUT2D eigenvalue weighted by molar-refractivity contribution is 0.618. The number of hydrogen-bond donors (Lipinski definition) is 0. The summed E-state index contributed by atoms with van der Waals surface area (Å²) < 4.78 is 13.0. The van der Waals surface area contributed by atoms with Crippen molar-refractivity contribution in [1.29, 1.82) is 0 Å². The van der Waals surface area contributed by atoms with E-state index < -0.39 is 0 Å². The van der Waals surface area contributed by atoms with Gasteiger partial charge in [0.1, 0.15) is 5.82 Å². The van der Waals surface area contributed by atoms with E-state index in [0.29, 0.717) is 5.56 Å². The molecular weight excluding hydrogens is 181 g/mol. The van der Waals surface area contributed by atoms with Gasteiger partial charge in [0.05, 0.1) is 0 Å². The van der Waals surface area contributed by atoms with Gasteiger partial charge in [0.2, 0.25) is 0 Å². The topological polar surface area (TPSA) is 48.8 Å². The van der Waals surface area contributed by atoms with E-state index in [1.807, 2.05) is 6.07 Å². The number of aryl methyl sites for hydroxylation is 1. The Hall–Kier alpha value is -1.80. The van der Waals surface area contributed by atoms with Crippen molar-refractivity contribution in [2.24, 2.45) is 5.11 Å². The zero-order valence-electron chi connectivity index (χ0n) is 7.81. The molecule has 0 aliphatic rings. The standard InChI is InChI=1S/C10H10FN3/c1-8-4-5-9(7-10(8)11)3-2-6-13-14-12/h2-5,7H,6H2,1H3. The number of nitrogens with zero attached hydrogens (tertiary/aromatic N) is 3. The average Bonchev–Trinajstić information content (AvgIpc) is 2.18. The first-order chi connectivity index (χ1) is 6.74. The van der Waals surface area contributed by atoms with Crippen LogP contribution in [0.15, 0.2) is 29.4 Å². The Labute approximate surface area is 81.5 Å². The highest BCUT2D eigenvalue weighted by atomic mass is 19.1. The van der Waals surface area contributed by atoms with Crippen LogP contribution in [0.1, 0.15) is 11.1 Å². The molecule has 0 spiro atoms. The summed E-state index contributed by atoms with van der Waals surface area (Å²) in [4.78, 5) is 2.60. The zero-order valence-corrected chi connectivity index (χ0v) is 7.81. The third-order valence-electron chi connectivity index (χ3n) is 1.76. The van der Waals surface area contributed by atoms with Crippen LogP contribution in [0.2, 0.25) is 0 Å². The zero-order chi connectivity index (χ0) is 10.4. The van der Waals surface area contributed by atoms with Crippen LogP contribution in [0, 0.1) is 12.7 Å². The van der Waals surface area contributed by atoms with Crippen molar-refractivity contribution in [2.75, 3.05) is 6.54 Å². The van der Waals surface area contributed by atoms with Crippen LogP contribution in [0.5, 0.6) is 0 Å². The molecule has 0 bridgehead atoms. The number of hydrogen-bond acceptors (Lipinski definition) is 1. The minimum Gasteiger partial charge on any atom is -0.207 e. The molecule has 0 fully saturated rings. The fourth-order valence-corrected chi connectivity index (χ4v) is 0.985. The van der Waals surface area contributed by atoms with Crippen LogP contribution < -0.4 is 0 Å². The van der Waals surface area contributed by atoms with Crippen molar-refractivity contribution in [2.45, 2.75) is 6.92 Å². The first kappa shape index (κ1) is 10.3. The van der Waals surface area contributed by atoms with E-state index in [2.05, 4.69) is 10.0 Å². The van der Waals surface area contributed by atoms with Crippen molar-refractivity contribution in [3.8, 4) is 0 Å². The molecule has 0 saturated heterocycles. The third-order valence-corrected chi connectivity index (χ3v) is 1.76. The summed E-state index contributed by atoms with van der Waals surface area (Å²) >= 11 is 0. The Balaban J connectivity index is 2.72. The Morgan fingerprint density at radius 3 is 3.00 bits per heavy atom. The van der Waals surface area contributed by atoms with E-state index in [4.69, 9.17) is 5.53 Å². The van der Waals surface area contributed by atoms with E-state index in [0.717, 1.165) is 5.56 Å². The molecule has 72 valence electrons. The van der Waals surface area contributed by atoms with Gasteiger partial charge in [-0.15, -0.1) is 0 Å². The van der Waals surface area contributed by atoms with Crippen molar-refractivity contribution in [1.82, 2.24) is 0 Å². The van der Waals surface area contributed by atoms with Gasteiger partial charge in [-0.2, -0.15) is 0 Å². The molecule has 1 aromatic rings. The van der Waals surface area contributed by atoms with E-state index >= 15 is 0 Å². The highest BCUT2D eigenvalue weighted by molar-refractivity contribution is 5.50. The summed E-state index contributed by atoms with van der Waals surface area (Å²) in [6, 6.07) is 4.97. The van der Waals surface area contributed by atoms with Crippen LogP contribution in [-0.2, 0) is 0 Å². The number of benzene rings is 1. The molecule has 0 aliphatic heterocycles. The van der Waals surface area contributed by atoms with E-state index in [9.17, 15) is 4.39 Å². The highest BCUT2D eigenvalue weighted by Gasteiger charge is 1.95. The highest BCUT2D eigenvalue weighted by Crippen LogP contribution is 2.10. The minimum absolute atomic E-state index is 0.226. The number of halogens is 1. The monoisotopic (exact) mass is 191 g/mol. The molecule has 3 nitrogen and oxygen atoms in total. The number of azide groups is 1.